The molecule has 2 aromatic heterocycles. The summed E-state index contributed by atoms with van der Waals surface area (Å²) in [4.78, 5) is 61.8. The first-order valence-corrected chi connectivity index (χ1v) is 13.5. The highest BCUT2D eigenvalue weighted by Crippen LogP contribution is 2.31. The first-order valence-electron chi connectivity index (χ1n) is 13.5. The summed E-state index contributed by atoms with van der Waals surface area (Å²) in [5.41, 5.74) is -0.136. The van der Waals surface area contributed by atoms with E-state index in [9.17, 15) is 19.2 Å². The van der Waals surface area contributed by atoms with Crippen LogP contribution in [0.15, 0.2) is 36.8 Å². The molecule has 222 valence electrons. The van der Waals surface area contributed by atoms with Crippen molar-refractivity contribution in [2.24, 2.45) is 0 Å². The number of amides is 4. The van der Waals surface area contributed by atoms with E-state index in [0.29, 0.717) is 5.78 Å². The van der Waals surface area contributed by atoms with Crippen molar-refractivity contribution < 1.29 is 32.7 Å². The number of aromatic nitrogens is 3. The second-order valence-electron chi connectivity index (χ2n) is 9.99. The van der Waals surface area contributed by atoms with Gasteiger partial charge in [0, 0.05) is 63.3 Å². The normalized spacial score (nSPS) is 17.8. The number of benzene rings is 1. The molecule has 15 heteroatoms. The second kappa shape index (κ2) is 12.0. The van der Waals surface area contributed by atoms with E-state index in [1.54, 1.807) is 36.7 Å². The lowest BCUT2D eigenvalue weighted by Gasteiger charge is -2.37. The number of fused-ring (bicyclic) bond motifs is 1. The molecule has 2 fully saturated rings. The number of rotatable bonds is 8. The third kappa shape index (κ3) is 5.94. The molecule has 2 unspecified atom stereocenters. The van der Waals surface area contributed by atoms with Gasteiger partial charge in [-0.15, -0.1) is 0 Å². The molecule has 2 N–H and O–H groups in total. The molecule has 13 nitrogen and oxygen atoms in total. The van der Waals surface area contributed by atoms with Crippen LogP contribution in [0.5, 0.6) is 0 Å². The molecule has 0 radical (unpaired) electrons. The predicted octanol–water partition coefficient (Wildman–Crippen LogP) is 1.33. The summed E-state index contributed by atoms with van der Waals surface area (Å²) in [6.45, 7) is 4.06. The number of carbonyl (C=O) groups is 4. The Morgan fingerprint density at radius 3 is 2.52 bits per heavy atom. The molecule has 2 saturated heterocycles. The number of cyclic esters (lactones) is 1. The number of hydrogen-bond acceptors (Lipinski definition) is 8. The van der Waals surface area contributed by atoms with Crippen LogP contribution in [0.3, 0.4) is 0 Å². The zero-order valence-corrected chi connectivity index (χ0v) is 23.0. The van der Waals surface area contributed by atoms with E-state index in [4.69, 9.17) is 4.74 Å². The molecule has 4 amide bonds. The van der Waals surface area contributed by atoms with E-state index in [1.165, 1.54) is 16.0 Å². The highest BCUT2D eigenvalue weighted by molar-refractivity contribution is 5.96. The van der Waals surface area contributed by atoms with Gasteiger partial charge in [-0.25, -0.2) is 23.5 Å². The highest BCUT2D eigenvalue weighted by Gasteiger charge is 2.34. The fourth-order valence-corrected chi connectivity index (χ4v) is 4.90. The number of nitrogens with zero attached hydrogens (tertiary/aromatic N) is 6. The number of halogens is 2. The lowest BCUT2D eigenvalue weighted by molar-refractivity contribution is -0.133. The maximum atomic E-state index is 15.2. The van der Waals surface area contributed by atoms with Gasteiger partial charge < -0.3 is 25.2 Å². The van der Waals surface area contributed by atoms with Crippen LogP contribution in [-0.2, 0) is 14.3 Å². The zero-order valence-electron chi connectivity index (χ0n) is 23.0. The summed E-state index contributed by atoms with van der Waals surface area (Å²) in [7, 11) is 0. The Morgan fingerprint density at radius 1 is 1.14 bits per heavy atom. The molecule has 2 aliphatic heterocycles. The molecule has 0 aliphatic carbocycles. The van der Waals surface area contributed by atoms with Crippen LogP contribution in [0.4, 0.5) is 25.0 Å². The number of carbonyl (C=O) groups excluding carboxylic acids is 4. The molecule has 2 aliphatic rings. The van der Waals surface area contributed by atoms with Crippen LogP contribution < -0.4 is 20.4 Å². The van der Waals surface area contributed by atoms with Gasteiger partial charge in [-0.2, -0.15) is 0 Å². The van der Waals surface area contributed by atoms with E-state index in [2.05, 4.69) is 20.6 Å². The quantitative estimate of drug-likeness (QED) is 0.404. The highest BCUT2D eigenvalue weighted by atomic mass is 19.1. The van der Waals surface area contributed by atoms with Crippen molar-refractivity contribution in [3.8, 4) is 0 Å². The van der Waals surface area contributed by atoms with Gasteiger partial charge in [0.25, 0.3) is 5.91 Å². The molecular formula is C27H30F2N8O5. The molecule has 42 heavy (non-hydrogen) atoms. The van der Waals surface area contributed by atoms with Gasteiger partial charge in [0.15, 0.2) is 11.6 Å². The zero-order chi connectivity index (χ0) is 30.0. The molecule has 0 spiro atoms. The molecule has 0 saturated carbocycles. The van der Waals surface area contributed by atoms with E-state index >= 15 is 8.78 Å². The lowest BCUT2D eigenvalue weighted by atomic mass is 10.1. The Bertz CT molecular complexity index is 1470. The standard InChI is InChI=1S/C27H30F2N8O5/c1-3-22(38)31-13-18-14-37(27(41)42-18)17-11-19(28)23(20(29)12-17)34-7-9-35(10-8-34)25(40)16(2)32-24(39)21-15-36-6-4-5-30-26(36)33-21/h4-6,11-12,15-16,18H,3,7-10,13-14H2,1-2H3,(H,31,38)(H,32,39). The predicted molar refractivity (Wildman–Crippen MR) is 146 cm³/mol. The minimum Gasteiger partial charge on any atom is -0.442 e. The van der Waals surface area contributed by atoms with Gasteiger partial charge in [0.2, 0.25) is 17.6 Å². The van der Waals surface area contributed by atoms with Crippen LogP contribution in [0.25, 0.3) is 5.78 Å². The Hall–Kier alpha value is -4.82. The van der Waals surface area contributed by atoms with Crippen molar-refractivity contribution >= 4 is 41.0 Å². The maximum absolute atomic E-state index is 15.2. The Labute approximate surface area is 239 Å². The first kappa shape index (κ1) is 28.7. The molecule has 4 heterocycles. The third-order valence-corrected chi connectivity index (χ3v) is 7.13. The van der Waals surface area contributed by atoms with Crippen LogP contribution in [0.1, 0.15) is 30.8 Å². The topological polar surface area (TPSA) is 141 Å². The number of imidazole rings is 1. The molecule has 5 rings (SSSR count). The first-order chi connectivity index (χ1) is 20.1. The van der Waals surface area contributed by atoms with Gasteiger partial charge in [0.1, 0.15) is 23.5 Å². The number of nitrogens with one attached hydrogen (secondary N) is 2. The Morgan fingerprint density at radius 2 is 1.86 bits per heavy atom. The van der Waals surface area contributed by atoms with E-state index < -0.39 is 35.8 Å². The molecule has 1 aromatic carbocycles. The SMILES string of the molecule is CCC(=O)NCC1CN(c2cc(F)c(N3CCN(C(=O)C(C)NC(=O)c4cn5cccnc5n4)CC3)c(F)c2)C(=O)O1. The van der Waals surface area contributed by atoms with Gasteiger partial charge in [-0.3, -0.25) is 23.7 Å². The third-order valence-electron chi connectivity index (χ3n) is 7.13. The second-order valence-corrected chi connectivity index (χ2v) is 9.99. The minimum atomic E-state index is -0.858. The summed E-state index contributed by atoms with van der Waals surface area (Å²) in [5.74, 6) is -2.42. The molecule has 3 aromatic rings. The number of ether oxygens (including phenoxy) is 1. The minimum absolute atomic E-state index is 0.00263. The molecule has 2 atom stereocenters. The summed E-state index contributed by atoms with van der Waals surface area (Å²) in [6.07, 6.45) is 3.64. The average molecular weight is 585 g/mol. The summed E-state index contributed by atoms with van der Waals surface area (Å²) >= 11 is 0. The summed E-state index contributed by atoms with van der Waals surface area (Å²) in [6, 6.07) is 2.98. The van der Waals surface area contributed by atoms with Crippen LogP contribution in [0, 0.1) is 11.6 Å². The average Bonchev–Trinajstić information content (AvgIpc) is 3.59. The van der Waals surface area contributed by atoms with Crippen molar-refractivity contribution in [2.75, 3.05) is 49.1 Å². The van der Waals surface area contributed by atoms with E-state index in [1.807, 2.05) is 0 Å². The lowest BCUT2D eigenvalue weighted by Crippen LogP contribution is -2.54. The smallest absolute Gasteiger partial charge is 0.414 e. The van der Waals surface area contributed by atoms with Gasteiger partial charge in [-0.05, 0) is 13.0 Å². The van der Waals surface area contributed by atoms with Crippen molar-refractivity contribution in [3.05, 3.63) is 54.1 Å². The van der Waals surface area contributed by atoms with Crippen LogP contribution >= 0.6 is 0 Å². The monoisotopic (exact) mass is 584 g/mol. The maximum Gasteiger partial charge on any atom is 0.414 e. The van der Waals surface area contributed by atoms with E-state index in [0.717, 1.165) is 17.0 Å². The van der Waals surface area contributed by atoms with Crippen LogP contribution in [-0.4, -0.2) is 94.5 Å². The van der Waals surface area contributed by atoms with Crippen molar-refractivity contribution in [2.45, 2.75) is 32.4 Å². The molecule has 0 bridgehead atoms. The van der Waals surface area contributed by atoms with Crippen LogP contribution in [0.2, 0.25) is 0 Å². The van der Waals surface area contributed by atoms with Crippen molar-refractivity contribution in [1.82, 2.24) is 29.9 Å². The van der Waals surface area contributed by atoms with Gasteiger partial charge in [0.05, 0.1) is 18.8 Å². The van der Waals surface area contributed by atoms with Crippen molar-refractivity contribution in [1.29, 1.82) is 0 Å². The van der Waals surface area contributed by atoms with Gasteiger partial charge in [-0.1, -0.05) is 6.92 Å². The number of anilines is 2. The van der Waals surface area contributed by atoms with Gasteiger partial charge >= 0.3 is 6.09 Å². The fourth-order valence-electron chi connectivity index (χ4n) is 4.90. The Balaban J connectivity index is 1.17. The largest absolute Gasteiger partial charge is 0.442 e. The summed E-state index contributed by atoms with van der Waals surface area (Å²) in [5, 5.41) is 5.27. The molecular weight excluding hydrogens is 554 g/mol. The fraction of sp³-hybridized carbons (Fsp3) is 0.407. The number of piperazine rings is 1. The van der Waals surface area contributed by atoms with Crippen molar-refractivity contribution in [3.63, 3.8) is 0 Å². The number of hydrogen-bond donors (Lipinski definition) is 2. The summed E-state index contributed by atoms with van der Waals surface area (Å²) < 4.78 is 37.2. The Kier molecular flexibility index (Phi) is 8.17. The van der Waals surface area contributed by atoms with E-state index in [-0.39, 0.29) is 74.6 Å².